The van der Waals surface area contributed by atoms with Crippen molar-refractivity contribution in [2.24, 2.45) is 0 Å². The number of H-pyrrole nitrogens is 1. The summed E-state index contributed by atoms with van der Waals surface area (Å²) in [6.45, 7) is 2.42. The number of aromatic nitrogens is 3. The van der Waals surface area contributed by atoms with Crippen LogP contribution in [0.2, 0.25) is 0 Å². The summed E-state index contributed by atoms with van der Waals surface area (Å²) in [5.74, 6) is -2.47. The Morgan fingerprint density at radius 1 is 1.35 bits per heavy atom. The normalized spacial score (nSPS) is 10.9. The number of ketones is 1. The Morgan fingerprint density at radius 3 is 2.87 bits per heavy atom. The van der Waals surface area contributed by atoms with Crippen LogP contribution in [0.25, 0.3) is 11.0 Å². The van der Waals surface area contributed by atoms with E-state index < -0.39 is 23.0 Å². The number of nitrogens with one attached hydrogen (secondary N) is 2. The Balaban J connectivity index is 2.22. The number of aromatic amines is 1. The highest BCUT2D eigenvalue weighted by Crippen LogP contribution is 2.28. The van der Waals surface area contributed by atoms with E-state index in [-0.39, 0.29) is 11.3 Å². The number of benzene rings is 1. The lowest BCUT2D eigenvalue weighted by Crippen LogP contribution is -2.10. The summed E-state index contributed by atoms with van der Waals surface area (Å²) >= 11 is 0. The van der Waals surface area contributed by atoms with E-state index in [1.54, 1.807) is 0 Å². The monoisotopic (exact) mass is 317 g/mol. The van der Waals surface area contributed by atoms with Crippen LogP contribution in [0.15, 0.2) is 24.7 Å². The molecule has 0 unspecified atom stereocenters. The number of nitrogens with zero attached hydrogens (tertiary/aromatic N) is 2. The zero-order chi connectivity index (χ0) is 16.6. The molecule has 23 heavy (non-hydrogen) atoms. The first kappa shape index (κ1) is 14.9. The Hall–Kier alpha value is -3.03. The molecule has 2 aromatic heterocycles. The number of nitrogens with two attached hydrogens (primary N) is 1. The number of hydrogen-bond acceptors (Lipinski definition) is 5. The van der Waals surface area contributed by atoms with Gasteiger partial charge in [0.1, 0.15) is 23.6 Å². The molecule has 1 aromatic carbocycles. The maximum atomic E-state index is 14.1. The lowest BCUT2D eigenvalue weighted by Gasteiger charge is -2.07. The number of anilines is 2. The third kappa shape index (κ3) is 2.37. The van der Waals surface area contributed by atoms with Crippen LogP contribution in [-0.4, -0.2) is 27.3 Å². The quantitative estimate of drug-likeness (QED) is 0.507. The van der Waals surface area contributed by atoms with Gasteiger partial charge in [-0.05, 0) is 19.1 Å². The Kier molecular flexibility index (Phi) is 3.65. The fraction of sp³-hybridized carbons (Fsp3) is 0.133. The fourth-order valence-electron chi connectivity index (χ4n) is 2.35. The van der Waals surface area contributed by atoms with Crippen LogP contribution in [0.5, 0.6) is 0 Å². The molecule has 0 spiro atoms. The molecule has 118 valence electrons. The highest BCUT2D eigenvalue weighted by atomic mass is 19.1. The minimum atomic E-state index is -1.08. The van der Waals surface area contributed by atoms with Crippen molar-refractivity contribution in [3.05, 3.63) is 47.4 Å². The summed E-state index contributed by atoms with van der Waals surface area (Å²) < 4.78 is 28.1. The third-order valence-corrected chi connectivity index (χ3v) is 3.41. The predicted molar refractivity (Wildman–Crippen MR) is 82.3 cm³/mol. The summed E-state index contributed by atoms with van der Waals surface area (Å²) in [6.07, 6.45) is 2.68. The zero-order valence-electron chi connectivity index (χ0n) is 12.2. The first-order valence-electron chi connectivity index (χ1n) is 6.88. The number of fused-ring (bicyclic) bond motifs is 1. The van der Waals surface area contributed by atoms with E-state index in [9.17, 15) is 13.6 Å². The van der Waals surface area contributed by atoms with Crippen LogP contribution < -0.4 is 11.1 Å². The van der Waals surface area contributed by atoms with Crippen molar-refractivity contribution in [2.75, 3.05) is 17.6 Å². The van der Waals surface area contributed by atoms with Crippen molar-refractivity contribution in [3.63, 3.8) is 0 Å². The van der Waals surface area contributed by atoms with Crippen molar-refractivity contribution in [3.8, 4) is 0 Å². The maximum Gasteiger partial charge on any atom is 0.201 e. The number of nitrogen functional groups attached to an aromatic ring is 1. The standard InChI is InChI=1S/C15H13F2N5O/c1-2-19-14-10-7(5-20-15(10)22-6-21-14)13(23)11-8(16)3-4-9(18)12(11)17/h3-6H,2,18H2,1H3,(H2,19,20,21,22). The Labute approximate surface area is 129 Å². The van der Waals surface area contributed by atoms with Crippen LogP contribution in [0.1, 0.15) is 22.8 Å². The number of hydrogen-bond donors (Lipinski definition) is 3. The minimum absolute atomic E-state index is 0.0694. The molecular weight excluding hydrogens is 304 g/mol. The molecule has 8 heteroatoms. The molecule has 0 aliphatic rings. The summed E-state index contributed by atoms with van der Waals surface area (Å²) in [5, 5.41) is 3.36. The molecule has 3 aromatic rings. The number of carbonyl (C=O) groups excluding carboxylic acids is 1. The van der Waals surface area contributed by atoms with Crippen LogP contribution in [0.3, 0.4) is 0 Å². The Bertz CT molecular complexity index is 906. The van der Waals surface area contributed by atoms with Crippen molar-refractivity contribution in [1.29, 1.82) is 0 Å². The summed E-state index contributed by atoms with van der Waals surface area (Å²) in [5.41, 5.74) is 4.90. The van der Waals surface area contributed by atoms with E-state index >= 15 is 0 Å². The van der Waals surface area contributed by atoms with Gasteiger partial charge in [0.05, 0.1) is 22.2 Å². The van der Waals surface area contributed by atoms with Crippen LogP contribution in [-0.2, 0) is 0 Å². The third-order valence-electron chi connectivity index (χ3n) is 3.41. The van der Waals surface area contributed by atoms with E-state index in [1.807, 2.05) is 6.92 Å². The largest absolute Gasteiger partial charge is 0.396 e. The van der Waals surface area contributed by atoms with Crippen molar-refractivity contribution >= 4 is 28.3 Å². The second-order valence-corrected chi connectivity index (χ2v) is 4.83. The van der Waals surface area contributed by atoms with Gasteiger partial charge in [0, 0.05) is 12.7 Å². The van der Waals surface area contributed by atoms with Gasteiger partial charge in [-0.2, -0.15) is 0 Å². The van der Waals surface area contributed by atoms with Gasteiger partial charge < -0.3 is 16.0 Å². The molecule has 3 rings (SSSR count). The molecule has 0 saturated carbocycles. The predicted octanol–water partition coefficient (Wildman–Crippen LogP) is 2.48. The van der Waals surface area contributed by atoms with Gasteiger partial charge in [0.25, 0.3) is 0 Å². The average molecular weight is 317 g/mol. The van der Waals surface area contributed by atoms with Gasteiger partial charge in [0.2, 0.25) is 5.78 Å². The lowest BCUT2D eigenvalue weighted by atomic mass is 10.0. The molecule has 4 N–H and O–H groups in total. The number of carbonyl (C=O) groups is 1. The lowest BCUT2D eigenvalue weighted by molar-refractivity contribution is 0.103. The summed E-state index contributed by atoms with van der Waals surface area (Å²) in [7, 11) is 0. The van der Waals surface area contributed by atoms with Crippen molar-refractivity contribution in [2.45, 2.75) is 6.92 Å². The van der Waals surface area contributed by atoms with E-state index in [2.05, 4.69) is 20.3 Å². The average Bonchev–Trinajstić information content (AvgIpc) is 2.96. The molecule has 0 aliphatic carbocycles. The van der Waals surface area contributed by atoms with E-state index in [1.165, 1.54) is 12.5 Å². The number of rotatable bonds is 4. The SMILES string of the molecule is CCNc1ncnc2[nH]cc(C(=O)c3c(F)ccc(N)c3F)c12. The first-order chi connectivity index (χ1) is 11.0. The molecule has 6 nitrogen and oxygen atoms in total. The molecule has 0 atom stereocenters. The van der Waals surface area contributed by atoms with E-state index in [0.717, 1.165) is 12.1 Å². The fourth-order valence-corrected chi connectivity index (χ4v) is 2.35. The van der Waals surface area contributed by atoms with E-state index in [0.29, 0.717) is 23.4 Å². The van der Waals surface area contributed by atoms with Crippen LogP contribution >= 0.6 is 0 Å². The minimum Gasteiger partial charge on any atom is -0.396 e. The molecule has 0 radical (unpaired) electrons. The summed E-state index contributed by atoms with van der Waals surface area (Å²) in [4.78, 5) is 23.5. The summed E-state index contributed by atoms with van der Waals surface area (Å²) in [6, 6.07) is 2.03. The highest BCUT2D eigenvalue weighted by Gasteiger charge is 2.25. The molecule has 0 amide bonds. The molecule has 2 heterocycles. The molecule has 0 fully saturated rings. The Morgan fingerprint density at radius 2 is 2.13 bits per heavy atom. The van der Waals surface area contributed by atoms with Crippen LogP contribution in [0, 0.1) is 11.6 Å². The van der Waals surface area contributed by atoms with Gasteiger partial charge in [-0.25, -0.2) is 18.7 Å². The number of halogens is 2. The van der Waals surface area contributed by atoms with E-state index in [4.69, 9.17) is 5.73 Å². The second kappa shape index (κ2) is 5.64. The van der Waals surface area contributed by atoms with Crippen molar-refractivity contribution in [1.82, 2.24) is 15.0 Å². The van der Waals surface area contributed by atoms with Gasteiger partial charge >= 0.3 is 0 Å². The zero-order valence-corrected chi connectivity index (χ0v) is 12.2. The van der Waals surface area contributed by atoms with Crippen molar-refractivity contribution < 1.29 is 13.6 Å². The molecule has 0 bridgehead atoms. The molecular formula is C15H13F2N5O. The highest BCUT2D eigenvalue weighted by molar-refractivity contribution is 6.18. The van der Waals surface area contributed by atoms with Gasteiger partial charge in [0.15, 0.2) is 5.82 Å². The smallest absolute Gasteiger partial charge is 0.201 e. The van der Waals surface area contributed by atoms with Gasteiger partial charge in [-0.15, -0.1) is 0 Å². The maximum absolute atomic E-state index is 14.1. The topological polar surface area (TPSA) is 96.7 Å². The molecule has 0 saturated heterocycles. The van der Waals surface area contributed by atoms with Crippen LogP contribution in [0.4, 0.5) is 20.3 Å². The second-order valence-electron chi connectivity index (χ2n) is 4.83. The van der Waals surface area contributed by atoms with Gasteiger partial charge in [-0.1, -0.05) is 0 Å². The van der Waals surface area contributed by atoms with Gasteiger partial charge in [-0.3, -0.25) is 4.79 Å². The first-order valence-corrected chi connectivity index (χ1v) is 6.88. The molecule has 0 aliphatic heterocycles.